The Kier molecular flexibility index (Phi) is 3.37. The molecule has 0 aromatic heterocycles. The van der Waals surface area contributed by atoms with Crippen LogP contribution in [0.2, 0.25) is 5.02 Å². The van der Waals surface area contributed by atoms with Gasteiger partial charge in [0.25, 0.3) is 0 Å². The maximum Gasteiger partial charge on any atom is 0.0536 e. The molecule has 0 aliphatic carbocycles. The number of rotatable bonds is 2. The minimum Gasteiger partial charge on any atom is -0.0836 e. The summed E-state index contributed by atoms with van der Waals surface area (Å²) >= 11 is 11.6. The molecule has 0 bridgehead atoms. The normalized spacial score (nSPS) is 10.1. The Morgan fingerprint density at radius 3 is 2.38 bits per heavy atom. The summed E-state index contributed by atoms with van der Waals surface area (Å²) in [4.78, 5) is 0.797. The highest BCUT2D eigenvalue weighted by Gasteiger charge is 2.07. The molecule has 2 aromatic carbocycles. The predicted molar refractivity (Wildman–Crippen MR) is 73.4 cm³/mol. The zero-order valence-corrected chi connectivity index (χ0v) is 10.5. The highest BCUT2D eigenvalue weighted by molar-refractivity contribution is 7.81. The molecule has 2 aromatic rings. The molecule has 0 saturated heterocycles. The topological polar surface area (TPSA) is 0 Å². The van der Waals surface area contributed by atoms with E-state index in [0.717, 1.165) is 21.6 Å². The van der Waals surface area contributed by atoms with E-state index in [-0.39, 0.29) is 0 Å². The summed E-state index contributed by atoms with van der Waals surface area (Å²) in [7, 11) is 0. The molecule has 80 valence electrons. The molecular weight excluding hydrogens is 236 g/mol. The Hall–Kier alpha value is -1.18. The van der Waals surface area contributed by atoms with Crippen molar-refractivity contribution in [3.05, 3.63) is 70.2 Å². The average molecular weight is 247 g/mol. The van der Waals surface area contributed by atoms with Gasteiger partial charge in [-0.3, -0.25) is 0 Å². The first kappa shape index (κ1) is 11.3. The van der Waals surface area contributed by atoms with Gasteiger partial charge in [-0.25, -0.2) is 0 Å². The summed E-state index contributed by atoms with van der Waals surface area (Å²) in [5.74, 6) is 0. The average Bonchev–Trinajstić information content (AvgIpc) is 2.29. The molecule has 2 heteroatoms. The van der Waals surface area contributed by atoms with Gasteiger partial charge in [-0.05, 0) is 24.1 Å². The minimum absolute atomic E-state index is 0.717. The van der Waals surface area contributed by atoms with Crippen LogP contribution in [0.3, 0.4) is 0 Å². The van der Waals surface area contributed by atoms with E-state index in [1.807, 2.05) is 55.5 Å². The Morgan fingerprint density at radius 2 is 1.75 bits per heavy atom. The molecule has 16 heavy (non-hydrogen) atoms. The van der Waals surface area contributed by atoms with Gasteiger partial charge in [0, 0.05) is 10.6 Å². The predicted octanol–water partition coefficient (Wildman–Crippen LogP) is 4.41. The first-order valence-electron chi connectivity index (χ1n) is 5.04. The number of hydrogen-bond acceptors (Lipinski definition) is 1. The third-order valence-corrected chi connectivity index (χ3v) is 3.17. The molecule has 0 aliphatic rings. The first-order valence-corrected chi connectivity index (χ1v) is 5.83. The number of hydrogen-bond donors (Lipinski definition) is 0. The van der Waals surface area contributed by atoms with Crippen molar-refractivity contribution in [1.29, 1.82) is 0 Å². The van der Waals surface area contributed by atoms with Crippen LogP contribution in [0, 0.1) is 6.92 Å². The summed E-state index contributed by atoms with van der Waals surface area (Å²) in [6, 6.07) is 15.9. The maximum atomic E-state index is 6.19. The van der Waals surface area contributed by atoms with Gasteiger partial charge in [-0.15, -0.1) is 0 Å². The summed E-state index contributed by atoms with van der Waals surface area (Å²) in [5.41, 5.74) is 3.10. The molecule has 0 nitrogen and oxygen atoms in total. The fourth-order valence-corrected chi connectivity index (χ4v) is 2.25. The first-order chi connectivity index (χ1) is 7.68. The number of thiocarbonyl (C=S) groups is 1. The number of halogens is 1. The lowest BCUT2D eigenvalue weighted by molar-refractivity contribution is 1.46. The van der Waals surface area contributed by atoms with Crippen molar-refractivity contribution in [3.63, 3.8) is 0 Å². The van der Waals surface area contributed by atoms with E-state index in [9.17, 15) is 0 Å². The second-order valence-corrected chi connectivity index (χ2v) is 4.49. The van der Waals surface area contributed by atoms with Crippen LogP contribution in [-0.2, 0) is 0 Å². The maximum absolute atomic E-state index is 6.19. The molecule has 0 radical (unpaired) electrons. The van der Waals surface area contributed by atoms with Gasteiger partial charge in [0.15, 0.2) is 0 Å². The summed E-state index contributed by atoms with van der Waals surface area (Å²) in [6.07, 6.45) is 0. The summed E-state index contributed by atoms with van der Waals surface area (Å²) < 4.78 is 0. The van der Waals surface area contributed by atoms with Crippen molar-refractivity contribution in [3.8, 4) is 0 Å². The van der Waals surface area contributed by atoms with Gasteiger partial charge in [0.2, 0.25) is 0 Å². The van der Waals surface area contributed by atoms with Gasteiger partial charge in [-0.1, -0.05) is 66.3 Å². The lowest BCUT2D eigenvalue weighted by Gasteiger charge is -2.07. The molecule has 0 unspecified atom stereocenters. The summed E-state index contributed by atoms with van der Waals surface area (Å²) in [5, 5.41) is 0.717. The van der Waals surface area contributed by atoms with Crippen molar-refractivity contribution in [1.82, 2.24) is 0 Å². The van der Waals surface area contributed by atoms with Crippen LogP contribution in [-0.4, -0.2) is 4.86 Å². The van der Waals surface area contributed by atoms with E-state index in [1.54, 1.807) is 0 Å². The monoisotopic (exact) mass is 246 g/mol. The van der Waals surface area contributed by atoms with Crippen LogP contribution >= 0.6 is 23.8 Å². The highest BCUT2D eigenvalue weighted by atomic mass is 35.5. The zero-order chi connectivity index (χ0) is 11.5. The Balaban J connectivity index is 2.42. The molecule has 0 atom stereocenters. The SMILES string of the molecule is Cc1ccc(C(=S)c2ccccc2)c(Cl)c1. The molecule has 0 spiro atoms. The van der Waals surface area contributed by atoms with Crippen molar-refractivity contribution in [2.75, 3.05) is 0 Å². The van der Waals surface area contributed by atoms with E-state index in [4.69, 9.17) is 23.8 Å². The Bertz CT molecular complexity index is 518. The minimum atomic E-state index is 0.717. The van der Waals surface area contributed by atoms with Crippen molar-refractivity contribution in [2.45, 2.75) is 6.92 Å². The van der Waals surface area contributed by atoms with Gasteiger partial charge >= 0.3 is 0 Å². The lowest BCUT2D eigenvalue weighted by Crippen LogP contribution is -2.00. The smallest absolute Gasteiger partial charge is 0.0536 e. The lowest BCUT2D eigenvalue weighted by atomic mass is 10.0. The quantitative estimate of drug-likeness (QED) is 0.559. The van der Waals surface area contributed by atoms with E-state index < -0.39 is 0 Å². The standard InChI is InChI=1S/C14H11ClS/c1-10-7-8-12(13(15)9-10)14(16)11-5-3-2-4-6-11/h2-9H,1H3. The van der Waals surface area contributed by atoms with Crippen molar-refractivity contribution in [2.24, 2.45) is 0 Å². The molecule has 0 N–H and O–H groups in total. The molecular formula is C14H11ClS. The Labute approximate surface area is 106 Å². The van der Waals surface area contributed by atoms with Crippen LogP contribution in [0.1, 0.15) is 16.7 Å². The number of benzene rings is 2. The Morgan fingerprint density at radius 1 is 1.06 bits per heavy atom. The number of aryl methyl sites for hydroxylation is 1. The molecule has 2 rings (SSSR count). The van der Waals surface area contributed by atoms with Gasteiger partial charge in [0.1, 0.15) is 0 Å². The van der Waals surface area contributed by atoms with E-state index in [0.29, 0.717) is 5.02 Å². The van der Waals surface area contributed by atoms with Gasteiger partial charge in [-0.2, -0.15) is 0 Å². The van der Waals surface area contributed by atoms with Crippen LogP contribution < -0.4 is 0 Å². The highest BCUT2D eigenvalue weighted by Crippen LogP contribution is 2.21. The third-order valence-electron chi connectivity index (χ3n) is 2.41. The molecule has 0 aliphatic heterocycles. The van der Waals surface area contributed by atoms with Crippen LogP contribution in [0.15, 0.2) is 48.5 Å². The van der Waals surface area contributed by atoms with Crippen LogP contribution in [0.4, 0.5) is 0 Å². The van der Waals surface area contributed by atoms with E-state index in [1.165, 1.54) is 0 Å². The van der Waals surface area contributed by atoms with Gasteiger partial charge < -0.3 is 0 Å². The van der Waals surface area contributed by atoms with Crippen molar-refractivity contribution >= 4 is 28.7 Å². The third kappa shape index (κ3) is 2.31. The van der Waals surface area contributed by atoms with E-state index in [2.05, 4.69) is 0 Å². The van der Waals surface area contributed by atoms with Crippen molar-refractivity contribution < 1.29 is 0 Å². The molecule has 0 amide bonds. The molecule has 0 saturated carbocycles. The van der Waals surface area contributed by atoms with Gasteiger partial charge in [0.05, 0.1) is 4.86 Å². The van der Waals surface area contributed by atoms with E-state index >= 15 is 0 Å². The summed E-state index contributed by atoms with van der Waals surface area (Å²) in [6.45, 7) is 2.02. The molecule has 0 heterocycles. The fraction of sp³-hybridized carbons (Fsp3) is 0.0714. The second kappa shape index (κ2) is 4.77. The fourth-order valence-electron chi connectivity index (χ4n) is 1.55. The zero-order valence-electron chi connectivity index (χ0n) is 8.91. The second-order valence-electron chi connectivity index (χ2n) is 3.68. The largest absolute Gasteiger partial charge is 0.0836 e. The van der Waals surface area contributed by atoms with Crippen LogP contribution in [0.5, 0.6) is 0 Å². The van der Waals surface area contributed by atoms with Crippen LogP contribution in [0.25, 0.3) is 0 Å². The molecule has 0 fully saturated rings.